The smallest absolute Gasteiger partial charge is 0.260 e. The van der Waals surface area contributed by atoms with Gasteiger partial charge in [0.05, 0.1) is 16.0 Å². The summed E-state index contributed by atoms with van der Waals surface area (Å²) in [6, 6.07) is 5.70. The lowest BCUT2D eigenvalue weighted by Gasteiger charge is -2.08. The number of fused-ring (bicyclic) bond motifs is 1. The van der Waals surface area contributed by atoms with Crippen molar-refractivity contribution < 1.29 is 13.2 Å². The molecule has 0 saturated carbocycles. The van der Waals surface area contributed by atoms with Gasteiger partial charge in [0, 0.05) is 10.6 Å². The van der Waals surface area contributed by atoms with E-state index in [9.17, 15) is 18.0 Å². The second kappa shape index (κ2) is 9.51. The van der Waals surface area contributed by atoms with Gasteiger partial charge >= 0.3 is 0 Å². The molecule has 2 aromatic heterocycles. The molecule has 8 nitrogen and oxygen atoms in total. The molecule has 0 saturated heterocycles. The number of aromatic nitrogens is 2. The number of nitrogens with one attached hydrogen (secondary N) is 2. The number of rotatable bonds is 8. The molecule has 3 rings (SSSR count). The molecule has 0 aliphatic heterocycles. The first-order valence-corrected chi connectivity index (χ1v) is 13.0. The van der Waals surface area contributed by atoms with Crippen LogP contribution >= 0.6 is 23.1 Å². The minimum absolute atomic E-state index is 0.00185. The van der Waals surface area contributed by atoms with Crippen LogP contribution in [0.2, 0.25) is 0 Å². The second-order valence-corrected chi connectivity index (χ2v) is 11.0. The zero-order valence-corrected chi connectivity index (χ0v) is 19.8. The predicted molar refractivity (Wildman–Crippen MR) is 125 cm³/mol. The van der Waals surface area contributed by atoms with E-state index in [1.807, 2.05) is 6.92 Å². The van der Waals surface area contributed by atoms with E-state index in [4.69, 9.17) is 5.14 Å². The molecule has 166 valence electrons. The third-order valence-electron chi connectivity index (χ3n) is 4.88. The molecule has 1 amide bonds. The van der Waals surface area contributed by atoms with Crippen molar-refractivity contribution in [1.82, 2.24) is 9.97 Å². The Morgan fingerprint density at radius 1 is 1.39 bits per heavy atom. The van der Waals surface area contributed by atoms with Crippen LogP contribution < -0.4 is 16.0 Å². The van der Waals surface area contributed by atoms with Crippen molar-refractivity contribution in [3.8, 4) is 0 Å². The van der Waals surface area contributed by atoms with Crippen LogP contribution in [-0.2, 0) is 21.2 Å². The second-order valence-electron chi connectivity index (χ2n) is 7.32. The van der Waals surface area contributed by atoms with Crippen LogP contribution in [-0.4, -0.2) is 30.0 Å². The number of thiophene rings is 1. The van der Waals surface area contributed by atoms with E-state index in [-0.39, 0.29) is 22.1 Å². The van der Waals surface area contributed by atoms with E-state index in [1.54, 1.807) is 6.07 Å². The summed E-state index contributed by atoms with van der Waals surface area (Å²) in [5.41, 5.74) is 1.17. The van der Waals surface area contributed by atoms with Crippen molar-refractivity contribution in [2.45, 2.75) is 43.7 Å². The highest BCUT2D eigenvalue weighted by Gasteiger charge is 2.17. The van der Waals surface area contributed by atoms with Crippen LogP contribution in [0, 0.1) is 12.8 Å². The molecular formula is C20H24N4O4S3. The van der Waals surface area contributed by atoms with Gasteiger partial charge in [0.1, 0.15) is 4.83 Å². The van der Waals surface area contributed by atoms with E-state index in [1.165, 1.54) is 29.5 Å². The summed E-state index contributed by atoms with van der Waals surface area (Å²) < 4.78 is 22.9. The molecule has 1 aromatic carbocycles. The molecular weight excluding hydrogens is 456 g/mol. The molecule has 0 fully saturated rings. The zero-order valence-electron chi connectivity index (χ0n) is 17.4. The van der Waals surface area contributed by atoms with Crippen molar-refractivity contribution >= 4 is 54.9 Å². The summed E-state index contributed by atoms with van der Waals surface area (Å²) in [6.45, 7) is 6.29. The number of benzene rings is 1. The maximum Gasteiger partial charge on any atom is 0.260 e. The van der Waals surface area contributed by atoms with Crippen LogP contribution in [0.15, 0.2) is 39.1 Å². The summed E-state index contributed by atoms with van der Waals surface area (Å²) in [4.78, 5) is 33.9. The molecule has 4 N–H and O–H groups in total. The van der Waals surface area contributed by atoms with E-state index in [0.717, 1.165) is 35.0 Å². The Kier molecular flexibility index (Phi) is 7.20. The van der Waals surface area contributed by atoms with E-state index >= 15 is 0 Å². The highest BCUT2D eigenvalue weighted by atomic mass is 32.2. The van der Waals surface area contributed by atoms with Crippen LogP contribution in [0.3, 0.4) is 0 Å². The van der Waals surface area contributed by atoms with Gasteiger partial charge in [-0.25, -0.2) is 18.5 Å². The Morgan fingerprint density at radius 2 is 2.13 bits per heavy atom. The van der Waals surface area contributed by atoms with Gasteiger partial charge in [-0.1, -0.05) is 38.1 Å². The number of primary sulfonamides is 1. The monoisotopic (exact) mass is 480 g/mol. The number of hydrogen-bond donors (Lipinski definition) is 3. The largest absolute Gasteiger partial charge is 0.325 e. The summed E-state index contributed by atoms with van der Waals surface area (Å²) >= 11 is 2.59. The number of nitrogens with zero attached hydrogens (tertiary/aromatic N) is 1. The van der Waals surface area contributed by atoms with Crippen LogP contribution in [0.5, 0.6) is 0 Å². The number of aromatic amines is 1. The molecule has 3 aromatic rings. The quantitative estimate of drug-likeness (QED) is 0.334. The molecule has 0 radical (unpaired) electrons. The van der Waals surface area contributed by atoms with Gasteiger partial charge in [-0.05, 0) is 43.0 Å². The van der Waals surface area contributed by atoms with E-state index < -0.39 is 10.0 Å². The lowest BCUT2D eigenvalue weighted by atomic mass is 9.98. The number of aryl methyl sites for hydroxylation is 1. The van der Waals surface area contributed by atoms with Crippen molar-refractivity contribution in [3.63, 3.8) is 0 Å². The average Bonchev–Trinajstić information content (AvgIpc) is 3.01. The summed E-state index contributed by atoms with van der Waals surface area (Å²) in [5.74, 6) is 0.110. The van der Waals surface area contributed by atoms with Crippen molar-refractivity contribution in [2.24, 2.45) is 11.1 Å². The minimum Gasteiger partial charge on any atom is -0.325 e. The Bertz CT molecular complexity index is 1280. The number of anilines is 1. The van der Waals surface area contributed by atoms with Gasteiger partial charge in [0.25, 0.3) is 5.56 Å². The maximum atomic E-state index is 12.7. The highest BCUT2D eigenvalue weighted by molar-refractivity contribution is 7.99. The zero-order chi connectivity index (χ0) is 22.8. The third-order valence-corrected chi connectivity index (χ3v) is 7.70. The Balaban J connectivity index is 1.73. The SMILES string of the molecule is CC[C@H](C)Cc1c(C)sc2nc(SCC(=O)Nc3cccc(S(N)(=O)=O)c3)[nH]c(=O)c12. The Morgan fingerprint density at radius 3 is 2.81 bits per heavy atom. The predicted octanol–water partition coefficient (Wildman–Crippen LogP) is 3.26. The average molecular weight is 481 g/mol. The number of carbonyl (C=O) groups excluding carboxylic acids is 1. The molecule has 2 heterocycles. The van der Waals surface area contributed by atoms with Crippen molar-refractivity contribution in [1.29, 1.82) is 0 Å². The fourth-order valence-electron chi connectivity index (χ4n) is 3.04. The summed E-state index contributed by atoms with van der Waals surface area (Å²) in [6.07, 6.45) is 1.87. The van der Waals surface area contributed by atoms with Gasteiger partial charge in [0.2, 0.25) is 15.9 Å². The molecule has 0 bridgehead atoms. The summed E-state index contributed by atoms with van der Waals surface area (Å²) in [7, 11) is -3.86. The number of thioether (sulfide) groups is 1. The number of nitrogens with two attached hydrogens (primary N) is 1. The number of H-pyrrole nitrogens is 1. The third kappa shape index (κ3) is 5.73. The van der Waals surface area contributed by atoms with Gasteiger partial charge in [0.15, 0.2) is 5.16 Å². The van der Waals surface area contributed by atoms with E-state index in [2.05, 4.69) is 29.1 Å². The maximum absolute atomic E-state index is 12.7. The van der Waals surface area contributed by atoms with Crippen molar-refractivity contribution in [2.75, 3.05) is 11.1 Å². The molecule has 0 spiro atoms. The number of sulfonamides is 1. The normalized spacial score (nSPS) is 12.8. The minimum atomic E-state index is -3.86. The topological polar surface area (TPSA) is 135 Å². The van der Waals surface area contributed by atoms with Crippen molar-refractivity contribution in [3.05, 3.63) is 45.1 Å². The van der Waals surface area contributed by atoms with Gasteiger partial charge in [-0.2, -0.15) is 0 Å². The number of carbonyl (C=O) groups is 1. The first-order valence-electron chi connectivity index (χ1n) is 9.66. The Labute approximate surface area is 188 Å². The standard InChI is InChI=1S/C20H24N4O4S3/c1-4-11(2)8-15-12(3)30-19-17(15)18(26)23-20(24-19)29-10-16(25)22-13-6-5-7-14(9-13)31(21,27)28/h5-7,9,11H,4,8,10H2,1-3H3,(H,22,25)(H2,21,27,28)(H,23,24,26)/t11-/m0/s1. The number of amides is 1. The van der Waals surface area contributed by atoms with Crippen LogP contribution in [0.25, 0.3) is 10.2 Å². The van der Waals surface area contributed by atoms with Crippen LogP contribution in [0.1, 0.15) is 30.7 Å². The number of hydrogen-bond acceptors (Lipinski definition) is 7. The lowest BCUT2D eigenvalue weighted by molar-refractivity contribution is -0.113. The summed E-state index contributed by atoms with van der Waals surface area (Å²) in [5, 5.41) is 8.73. The first-order chi connectivity index (χ1) is 14.6. The molecule has 11 heteroatoms. The molecule has 1 atom stereocenters. The van der Waals surface area contributed by atoms with Gasteiger partial charge in [-0.15, -0.1) is 11.3 Å². The molecule has 0 aliphatic rings. The van der Waals surface area contributed by atoms with Crippen LogP contribution in [0.4, 0.5) is 5.69 Å². The van der Waals surface area contributed by atoms with E-state index in [0.29, 0.717) is 27.0 Å². The molecule has 0 aliphatic carbocycles. The Hall–Kier alpha value is -2.21. The molecule has 0 unspecified atom stereocenters. The van der Waals surface area contributed by atoms with Gasteiger partial charge < -0.3 is 10.3 Å². The lowest BCUT2D eigenvalue weighted by Crippen LogP contribution is -2.17. The highest BCUT2D eigenvalue weighted by Crippen LogP contribution is 2.30. The fourth-order valence-corrected chi connectivity index (χ4v) is 5.38. The fraction of sp³-hybridized carbons (Fsp3) is 0.350. The first kappa shape index (κ1) is 23.5. The molecule has 31 heavy (non-hydrogen) atoms. The van der Waals surface area contributed by atoms with Gasteiger partial charge in [-0.3, -0.25) is 9.59 Å².